The maximum absolute atomic E-state index is 11.8. The Morgan fingerprint density at radius 2 is 2.00 bits per heavy atom. The zero-order valence-electron chi connectivity index (χ0n) is 11.7. The molecule has 106 valence electrons. The summed E-state index contributed by atoms with van der Waals surface area (Å²) >= 11 is 4.18. The van der Waals surface area contributed by atoms with E-state index >= 15 is 0 Å². The molecule has 4 nitrogen and oxygen atoms in total. The second-order valence-corrected chi connectivity index (χ2v) is 4.83. The van der Waals surface area contributed by atoms with E-state index in [1.54, 1.807) is 13.1 Å². The van der Waals surface area contributed by atoms with E-state index in [0.29, 0.717) is 17.9 Å². The van der Waals surface area contributed by atoms with Crippen LogP contribution in [0.1, 0.15) is 18.9 Å². The van der Waals surface area contributed by atoms with Crippen LogP contribution in [0.4, 0.5) is 0 Å². The molecule has 0 saturated carbocycles. The van der Waals surface area contributed by atoms with Crippen molar-refractivity contribution in [3.8, 4) is 17.0 Å². The lowest BCUT2D eigenvalue weighted by Crippen LogP contribution is -2.23. The highest BCUT2D eigenvalue weighted by molar-refractivity contribution is 7.79. The Morgan fingerprint density at radius 3 is 2.60 bits per heavy atom. The zero-order chi connectivity index (χ0) is 14.5. The van der Waals surface area contributed by atoms with Crippen molar-refractivity contribution in [2.75, 3.05) is 6.61 Å². The Balaban J connectivity index is 2.32. The minimum absolute atomic E-state index is 0.105. The number of nitrogens with zero attached hydrogens (tertiary/aromatic N) is 2. The van der Waals surface area contributed by atoms with Crippen LogP contribution >= 0.6 is 12.6 Å². The van der Waals surface area contributed by atoms with Gasteiger partial charge in [-0.3, -0.25) is 4.79 Å². The van der Waals surface area contributed by atoms with Gasteiger partial charge in [-0.05, 0) is 36.8 Å². The molecule has 0 aliphatic carbocycles. The third-order valence-corrected chi connectivity index (χ3v) is 3.27. The summed E-state index contributed by atoms with van der Waals surface area (Å²) in [6.45, 7) is 2.78. The van der Waals surface area contributed by atoms with Crippen molar-refractivity contribution in [1.29, 1.82) is 0 Å². The van der Waals surface area contributed by atoms with Gasteiger partial charge in [-0.25, -0.2) is 4.68 Å². The Labute approximate surface area is 123 Å². The smallest absolute Gasteiger partial charge is 0.270 e. The van der Waals surface area contributed by atoms with E-state index in [2.05, 4.69) is 24.7 Å². The van der Waals surface area contributed by atoms with E-state index in [-0.39, 0.29) is 5.56 Å². The molecule has 0 aliphatic heterocycles. The molecule has 1 aromatic heterocycles. The van der Waals surface area contributed by atoms with Gasteiger partial charge >= 0.3 is 0 Å². The van der Waals surface area contributed by atoms with Gasteiger partial charge in [-0.1, -0.05) is 6.92 Å². The van der Waals surface area contributed by atoms with Gasteiger partial charge in [0.25, 0.3) is 5.56 Å². The first kappa shape index (κ1) is 14.7. The molecule has 0 N–H and O–H groups in total. The number of aromatic nitrogens is 2. The van der Waals surface area contributed by atoms with Crippen LogP contribution in [0.15, 0.2) is 35.1 Å². The van der Waals surface area contributed by atoms with Crippen LogP contribution in [0.5, 0.6) is 5.75 Å². The fourth-order valence-electron chi connectivity index (χ4n) is 1.87. The number of ether oxygens (including phenoxy) is 1. The van der Waals surface area contributed by atoms with Gasteiger partial charge in [-0.2, -0.15) is 17.7 Å². The Hall–Kier alpha value is -1.75. The van der Waals surface area contributed by atoms with E-state index in [9.17, 15) is 4.79 Å². The first-order chi connectivity index (χ1) is 9.65. The number of benzene rings is 1. The Morgan fingerprint density at radius 1 is 1.30 bits per heavy atom. The number of thiol groups is 1. The van der Waals surface area contributed by atoms with Crippen LogP contribution in [-0.4, -0.2) is 16.4 Å². The molecule has 2 rings (SSSR count). The highest BCUT2D eigenvalue weighted by atomic mass is 32.1. The second kappa shape index (κ2) is 6.61. The minimum atomic E-state index is -0.105. The molecule has 0 unspecified atom stereocenters. The maximum atomic E-state index is 11.8. The lowest BCUT2D eigenvalue weighted by molar-refractivity contribution is 0.317. The van der Waals surface area contributed by atoms with Crippen molar-refractivity contribution in [2.24, 2.45) is 7.05 Å². The molecule has 0 amide bonds. The molecular weight excluding hydrogens is 272 g/mol. The van der Waals surface area contributed by atoms with E-state index in [0.717, 1.165) is 23.4 Å². The summed E-state index contributed by atoms with van der Waals surface area (Å²) in [5.41, 5.74) is 2.25. The van der Waals surface area contributed by atoms with Crippen LogP contribution in [0, 0.1) is 0 Å². The van der Waals surface area contributed by atoms with Crippen LogP contribution < -0.4 is 10.3 Å². The molecule has 1 heterocycles. The lowest BCUT2D eigenvalue weighted by atomic mass is 10.1. The summed E-state index contributed by atoms with van der Waals surface area (Å²) in [6.07, 6.45) is 0.982. The molecule has 0 saturated heterocycles. The second-order valence-electron chi connectivity index (χ2n) is 4.51. The number of aryl methyl sites for hydroxylation is 1. The standard InChI is InChI=1S/C15H18N2O2S/c1-3-8-19-13-6-4-11(5-7-13)14-9-12(10-20)15(18)17(2)16-14/h4-7,9,20H,3,8,10H2,1-2H3. The van der Waals surface area contributed by atoms with Crippen molar-refractivity contribution in [2.45, 2.75) is 19.1 Å². The predicted molar refractivity (Wildman–Crippen MR) is 83.4 cm³/mol. The van der Waals surface area contributed by atoms with Gasteiger partial charge in [0.2, 0.25) is 0 Å². The SMILES string of the molecule is CCCOc1ccc(-c2cc(CS)c(=O)n(C)n2)cc1. The Kier molecular flexibility index (Phi) is 4.84. The predicted octanol–water partition coefficient (Wildman–Crippen LogP) is 2.67. The highest BCUT2D eigenvalue weighted by Crippen LogP contribution is 2.21. The summed E-state index contributed by atoms with van der Waals surface area (Å²) < 4.78 is 6.90. The van der Waals surface area contributed by atoms with Crippen LogP contribution in [0.3, 0.4) is 0 Å². The summed E-state index contributed by atoms with van der Waals surface area (Å²) in [5, 5.41) is 4.27. The van der Waals surface area contributed by atoms with Crippen LogP contribution in [0.2, 0.25) is 0 Å². The fraction of sp³-hybridized carbons (Fsp3) is 0.333. The van der Waals surface area contributed by atoms with Crippen LogP contribution in [0.25, 0.3) is 11.3 Å². The molecule has 0 radical (unpaired) electrons. The van der Waals surface area contributed by atoms with Gasteiger partial charge in [0.1, 0.15) is 5.75 Å². The van der Waals surface area contributed by atoms with E-state index < -0.39 is 0 Å². The van der Waals surface area contributed by atoms with Gasteiger partial charge < -0.3 is 4.74 Å². The van der Waals surface area contributed by atoms with Crippen molar-refractivity contribution in [3.63, 3.8) is 0 Å². The fourth-order valence-corrected chi connectivity index (χ4v) is 2.09. The van der Waals surface area contributed by atoms with Gasteiger partial charge in [0.15, 0.2) is 0 Å². The normalized spacial score (nSPS) is 10.6. The molecule has 0 atom stereocenters. The average Bonchev–Trinajstić information content (AvgIpc) is 2.48. The zero-order valence-corrected chi connectivity index (χ0v) is 12.6. The molecule has 2 aromatic rings. The summed E-state index contributed by atoms with van der Waals surface area (Å²) in [5.74, 6) is 1.25. The molecule has 0 aliphatic rings. The summed E-state index contributed by atoms with van der Waals surface area (Å²) in [4.78, 5) is 11.8. The van der Waals surface area contributed by atoms with E-state index in [1.165, 1.54) is 4.68 Å². The monoisotopic (exact) mass is 290 g/mol. The van der Waals surface area contributed by atoms with E-state index in [1.807, 2.05) is 24.3 Å². The van der Waals surface area contributed by atoms with Gasteiger partial charge in [0.05, 0.1) is 12.3 Å². The molecular formula is C15H18N2O2S. The van der Waals surface area contributed by atoms with Crippen molar-refractivity contribution >= 4 is 12.6 Å². The molecule has 20 heavy (non-hydrogen) atoms. The largest absolute Gasteiger partial charge is 0.494 e. The number of hydrogen-bond acceptors (Lipinski definition) is 4. The van der Waals surface area contributed by atoms with Crippen molar-refractivity contribution in [3.05, 3.63) is 46.2 Å². The van der Waals surface area contributed by atoms with Gasteiger partial charge in [-0.15, -0.1) is 0 Å². The Bertz CT molecular complexity index is 635. The minimum Gasteiger partial charge on any atom is -0.494 e. The summed E-state index contributed by atoms with van der Waals surface area (Å²) in [6, 6.07) is 9.51. The first-order valence-electron chi connectivity index (χ1n) is 6.57. The van der Waals surface area contributed by atoms with Crippen molar-refractivity contribution < 1.29 is 4.74 Å². The quantitative estimate of drug-likeness (QED) is 0.861. The third kappa shape index (κ3) is 3.22. The number of hydrogen-bond donors (Lipinski definition) is 1. The maximum Gasteiger partial charge on any atom is 0.270 e. The lowest BCUT2D eigenvalue weighted by Gasteiger charge is -2.08. The molecule has 0 bridgehead atoms. The molecule has 0 fully saturated rings. The highest BCUT2D eigenvalue weighted by Gasteiger charge is 2.07. The molecule has 0 spiro atoms. The molecule has 1 aromatic carbocycles. The van der Waals surface area contributed by atoms with Gasteiger partial charge in [0, 0.05) is 23.9 Å². The topological polar surface area (TPSA) is 44.1 Å². The van der Waals surface area contributed by atoms with Crippen LogP contribution in [-0.2, 0) is 12.8 Å². The number of rotatable bonds is 5. The third-order valence-electron chi connectivity index (χ3n) is 2.93. The van der Waals surface area contributed by atoms with E-state index in [4.69, 9.17) is 4.74 Å². The van der Waals surface area contributed by atoms with Crippen molar-refractivity contribution in [1.82, 2.24) is 9.78 Å². The summed E-state index contributed by atoms with van der Waals surface area (Å²) in [7, 11) is 1.65. The molecule has 5 heteroatoms. The average molecular weight is 290 g/mol. The first-order valence-corrected chi connectivity index (χ1v) is 7.20.